The quantitative estimate of drug-likeness (QED) is 0.724. The van der Waals surface area contributed by atoms with E-state index < -0.39 is 17.9 Å². The molecule has 1 amide bonds. The second kappa shape index (κ2) is 5.62. The van der Waals surface area contributed by atoms with Gasteiger partial charge >= 0.3 is 5.97 Å². The predicted octanol–water partition coefficient (Wildman–Crippen LogP) is 1.64. The minimum atomic E-state index is -1.07. The second-order valence-corrected chi connectivity index (χ2v) is 4.62. The monoisotopic (exact) mass is 286 g/mol. The van der Waals surface area contributed by atoms with Crippen molar-refractivity contribution in [3.8, 4) is 0 Å². The number of anilines is 1. The molecule has 0 aromatic heterocycles. The third kappa shape index (κ3) is 2.69. The third-order valence-corrected chi connectivity index (χ3v) is 3.20. The van der Waals surface area contributed by atoms with Crippen molar-refractivity contribution < 1.29 is 19.5 Å². The number of rotatable bonds is 5. The van der Waals surface area contributed by atoms with Gasteiger partial charge in [-0.25, -0.2) is 0 Å². The summed E-state index contributed by atoms with van der Waals surface area (Å²) >= 11 is 0. The van der Waals surface area contributed by atoms with Crippen molar-refractivity contribution >= 4 is 34.6 Å². The first-order valence-corrected chi connectivity index (χ1v) is 6.25. The van der Waals surface area contributed by atoms with Crippen molar-refractivity contribution in [3.05, 3.63) is 41.5 Å². The Kier molecular flexibility index (Phi) is 3.89. The lowest BCUT2D eigenvalue weighted by Gasteiger charge is -2.16. The summed E-state index contributed by atoms with van der Waals surface area (Å²) in [4.78, 5) is 34.0. The molecule has 0 aliphatic carbocycles. The molecule has 0 saturated carbocycles. The third-order valence-electron chi connectivity index (χ3n) is 3.20. The maximum Gasteiger partial charge on any atom is 0.325 e. The fourth-order valence-corrected chi connectivity index (χ4v) is 2.17. The first-order valence-electron chi connectivity index (χ1n) is 6.25. The van der Waals surface area contributed by atoms with Gasteiger partial charge in [0, 0.05) is 5.69 Å². The van der Waals surface area contributed by atoms with E-state index in [9.17, 15) is 14.4 Å². The molecule has 0 unspecified atom stereocenters. The van der Waals surface area contributed by atoms with Crippen LogP contribution in [-0.2, 0) is 4.79 Å². The zero-order valence-corrected chi connectivity index (χ0v) is 11.3. The molecule has 0 aliphatic rings. The number of nitrogens with two attached hydrogens (primary N) is 1. The van der Waals surface area contributed by atoms with Gasteiger partial charge in [0.15, 0.2) is 6.29 Å². The number of amides is 1. The van der Waals surface area contributed by atoms with Gasteiger partial charge in [0.05, 0.1) is 11.1 Å². The Bertz CT molecular complexity index is 740. The van der Waals surface area contributed by atoms with Crippen LogP contribution in [0.2, 0.25) is 0 Å². The number of carboxylic acids is 1. The van der Waals surface area contributed by atoms with Crippen LogP contribution in [0.25, 0.3) is 10.8 Å². The number of carboxylic acid groups (broad SMARTS) is 1. The molecule has 6 nitrogen and oxygen atoms in total. The number of carbonyl (C=O) groups excluding carboxylic acids is 2. The van der Waals surface area contributed by atoms with E-state index in [1.165, 1.54) is 6.92 Å². The van der Waals surface area contributed by atoms with Crippen LogP contribution in [0.15, 0.2) is 30.3 Å². The van der Waals surface area contributed by atoms with Crippen LogP contribution >= 0.6 is 0 Å². The van der Waals surface area contributed by atoms with E-state index in [0.717, 1.165) is 0 Å². The number of carbonyl (C=O) groups is 3. The summed E-state index contributed by atoms with van der Waals surface area (Å²) in [5, 5.41) is 12.9. The molecule has 0 bridgehead atoms. The molecule has 21 heavy (non-hydrogen) atoms. The van der Waals surface area contributed by atoms with Crippen LogP contribution < -0.4 is 11.1 Å². The van der Waals surface area contributed by atoms with Crippen LogP contribution in [-0.4, -0.2) is 29.3 Å². The van der Waals surface area contributed by atoms with Crippen molar-refractivity contribution in [2.45, 2.75) is 13.0 Å². The number of nitrogens with one attached hydrogen (secondary N) is 1. The van der Waals surface area contributed by atoms with E-state index >= 15 is 0 Å². The lowest BCUT2D eigenvalue weighted by Crippen LogP contribution is -2.26. The average molecular weight is 286 g/mol. The molecule has 0 heterocycles. The molecule has 2 rings (SSSR count). The molecule has 2 aromatic rings. The molecule has 0 aliphatic heterocycles. The van der Waals surface area contributed by atoms with Crippen molar-refractivity contribution in [3.63, 3.8) is 0 Å². The van der Waals surface area contributed by atoms with Crippen molar-refractivity contribution in [1.82, 2.24) is 0 Å². The number of hydrogen-bond acceptors (Lipinski definition) is 4. The van der Waals surface area contributed by atoms with Gasteiger partial charge in [0.25, 0.3) is 0 Å². The number of primary amides is 1. The minimum Gasteiger partial charge on any atom is -0.480 e. The van der Waals surface area contributed by atoms with Gasteiger partial charge in [-0.3, -0.25) is 14.4 Å². The molecule has 108 valence electrons. The summed E-state index contributed by atoms with van der Waals surface area (Å²) in [6.07, 6.45) is 0.503. The smallest absolute Gasteiger partial charge is 0.325 e. The minimum absolute atomic E-state index is 0.0642. The normalized spacial score (nSPS) is 11.9. The molecule has 1 atom stereocenters. The lowest BCUT2D eigenvalue weighted by atomic mass is 9.97. The average Bonchev–Trinajstić information content (AvgIpc) is 2.45. The fraction of sp³-hybridized carbons (Fsp3) is 0.133. The molecule has 0 spiro atoms. The van der Waals surface area contributed by atoms with Gasteiger partial charge in [-0.15, -0.1) is 0 Å². The number of benzene rings is 2. The predicted molar refractivity (Wildman–Crippen MR) is 78.6 cm³/mol. The lowest BCUT2D eigenvalue weighted by molar-refractivity contribution is -0.137. The van der Waals surface area contributed by atoms with Gasteiger partial charge in [0.1, 0.15) is 6.04 Å². The van der Waals surface area contributed by atoms with E-state index in [2.05, 4.69) is 5.32 Å². The number of fused-ring (bicyclic) bond motifs is 1. The molecule has 4 N–H and O–H groups in total. The second-order valence-electron chi connectivity index (χ2n) is 4.62. The zero-order chi connectivity index (χ0) is 15.6. The highest BCUT2D eigenvalue weighted by molar-refractivity contribution is 6.14. The van der Waals surface area contributed by atoms with Crippen molar-refractivity contribution in [2.24, 2.45) is 5.73 Å². The Morgan fingerprint density at radius 3 is 2.57 bits per heavy atom. The van der Waals surface area contributed by atoms with Crippen LogP contribution in [0.5, 0.6) is 0 Å². The summed E-state index contributed by atoms with van der Waals surface area (Å²) in [5.41, 5.74) is 5.80. The number of aliphatic carboxylic acids is 1. The van der Waals surface area contributed by atoms with Crippen molar-refractivity contribution in [1.29, 1.82) is 0 Å². The molecule has 0 saturated heterocycles. The molecular weight excluding hydrogens is 272 g/mol. The fourth-order valence-electron chi connectivity index (χ4n) is 2.17. The molecule has 0 fully saturated rings. The summed E-state index contributed by atoms with van der Waals surface area (Å²) in [6, 6.07) is 7.67. The van der Waals surface area contributed by atoms with Crippen LogP contribution in [0.3, 0.4) is 0 Å². The number of hydrogen-bond donors (Lipinski definition) is 3. The Morgan fingerprint density at radius 1 is 1.33 bits per heavy atom. The highest BCUT2D eigenvalue weighted by atomic mass is 16.4. The molecule has 6 heteroatoms. The maximum atomic E-state index is 11.7. The van der Waals surface area contributed by atoms with Crippen LogP contribution in [0.4, 0.5) is 5.69 Å². The molecule has 0 radical (unpaired) electrons. The Balaban J connectivity index is 2.73. The Morgan fingerprint density at radius 2 is 2.00 bits per heavy atom. The van der Waals surface area contributed by atoms with Gasteiger partial charge in [-0.05, 0) is 23.8 Å². The molecule has 2 aromatic carbocycles. The van der Waals surface area contributed by atoms with Gasteiger partial charge in [0.2, 0.25) is 5.91 Å². The van der Waals surface area contributed by atoms with Crippen LogP contribution in [0, 0.1) is 0 Å². The van der Waals surface area contributed by atoms with E-state index in [4.69, 9.17) is 10.8 Å². The summed E-state index contributed by atoms with van der Waals surface area (Å²) in [7, 11) is 0. The molecular formula is C15H14N2O4. The summed E-state index contributed by atoms with van der Waals surface area (Å²) < 4.78 is 0. The van der Waals surface area contributed by atoms with E-state index in [1.807, 2.05) is 0 Å². The first kappa shape index (κ1) is 14.5. The summed E-state index contributed by atoms with van der Waals surface area (Å²) in [5.74, 6) is -1.81. The van der Waals surface area contributed by atoms with Crippen molar-refractivity contribution in [2.75, 3.05) is 5.32 Å². The standard InChI is InChI=1S/C15H14N2O4/c1-8(15(20)21)17-12-6-9-4-2-3-5-10(9)13(14(16)19)11(12)7-18/h2-8,17H,1H3,(H2,16,19)(H,20,21)/t8-/m0/s1. The van der Waals surface area contributed by atoms with Gasteiger partial charge in [-0.1, -0.05) is 24.3 Å². The van der Waals surface area contributed by atoms with Gasteiger partial charge in [-0.2, -0.15) is 0 Å². The SMILES string of the molecule is C[C@H](Nc1cc2ccccc2c(C(N)=O)c1C=O)C(=O)O. The highest BCUT2D eigenvalue weighted by Crippen LogP contribution is 2.28. The number of aldehydes is 1. The van der Waals surface area contributed by atoms with Gasteiger partial charge < -0.3 is 16.2 Å². The zero-order valence-electron chi connectivity index (χ0n) is 11.3. The maximum absolute atomic E-state index is 11.7. The van der Waals surface area contributed by atoms with E-state index in [-0.39, 0.29) is 16.8 Å². The van der Waals surface area contributed by atoms with E-state index in [0.29, 0.717) is 17.1 Å². The largest absolute Gasteiger partial charge is 0.480 e. The van der Waals surface area contributed by atoms with E-state index in [1.54, 1.807) is 30.3 Å². The van der Waals surface area contributed by atoms with Crippen LogP contribution in [0.1, 0.15) is 27.6 Å². The highest BCUT2D eigenvalue weighted by Gasteiger charge is 2.19. The Labute approximate surface area is 120 Å². The summed E-state index contributed by atoms with van der Waals surface area (Å²) in [6.45, 7) is 1.44. The Hall–Kier alpha value is -2.89. The first-order chi connectivity index (χ1) is 9.95. The topological polar surface area (TPSA) is 109 Å².